The first-order valence-electron chi connectivity index (χ1n) is 7.29. The molecule has 0 amide bonds. The molecule has 1 aliphatic heterocycles. The predicted octanol–water partition coefficient (Wildman–Crippen LogP) is 3.41. The molecule has 0 unspecified atom stereocenters. The Morgan fingerprint density at radius 3 is 2.60 bits per heavy atom. The molecule has 2 aromatic rings. The molecule has 0 atom stereocenters. The Balaban J connectivity index is 1.88. The van der Waals surface area contributed by atoms with Crippen molar-refractivity contribution in [3.63, 3.8) is 0 Å². The normalized spacial score (nSPS) is 18.6. The van der Waals surface area contributed by atoms with Crippen molar-refractivity contribution in [3.05, 3.63) is 11.6 Å². The van der Waals surface area contributed by atoms with Crippen molar-refractivity contribution >= 4 is 28.6 Å². The molecule has 0 radical (unpaired) electrons. The van der Waals surface area contributed by atoms with Gasteiger partial charge in [0.05, 0.1) is 6.33 Å². The van der Waals surface area contributed by atoms with Gasteiger partial charge in [-0.25, -0.2) is 4.98 Å². The van der Waals surface area contributed by atoms with Crippen LogP contribution in [0.1, 0.15) is 39.5 Å². The Hall–Kier alpha value is -1.36. The van der Waals surface area contributed by atoms with Crippen molar-refractivity contribution in [2.45, 2.75) is 39.5 Å². The average Bonchev–Trinajstić information content (AvgIpc) is 2.94. The number of hydrogen-bond donors (Lipinski definition) is 1. The van der Waals surface area contributed by atoms with Crippen LogP contribution in [0.3, 0.4) is 0 Å². The first-order valence-corrected chi connectivity index (χ1v) is 7.67. The smallest absolute Gasteiger partial charge is 0.226 e. The molecule has 0 bridgehead atoms. The summed E-state index contributed by atoms with van der Waals surface area (Å²) in [6, 6.07) is 0. The van der Waals surface area contributed by atoms with E-state index < -0.39 is 0 Å². The molecule has 5 nitrogen and oxygen atoms in total. The van der Waals surface area contributed by atoms with Crippen molar-refractivity contribution in [3.8, 4) is 0 Å². The highest BCUT2D eigenvalue weighted by atomic mass is 35.5. The van der Waals surface area contributed by atoms with Gasteiger partial charge in [-0.05, 0) is 29.9 Å². The number of hydrogen-bond acceptors (Lipinski definition) is 4. The van der Waals surface area contributed by atoms with Crippen LogP contribution in [0, 0.1) is 5.41 Å². The third kappa shape index (κ3) is 2.24. The van der Waals surface area contributed by atoms with E-state index >= 15 is 0 Å². The minimum absolute atomic E-state index is 0.266. The number of aromatic amines is 1. The number of nitrogens with zero attached hydrogens (tertiary/aromatic N) is 4. The first kappa shape index (κ1) is 13.6. The molecule has 1 saturated heterocycles. The van der Waals surface area contributed by atoms with Crippen LogP contribution in [-0.2, 0) is 0 Å². The lowest BCUT2D eigenvalue weighted by atomic mass is 9.74. The maximum atomic E-state index is 6.01. The van der Waals surface area contributed by atoms with Crippen LogP contribution in [0.2, 0.25) is 5.28 Å². The first-order chi connectivity index (χ1) is 9.67. The predicted molar refractivity (Wildman–Crippen MR) is 81.2 cm³/mol. The van der Waals surface area contributed by atoms with Gasteiger partial charge in [0.2, 0.25) is 5.28 Å². The molecule has 20 heavy (non-hydrogen) atoms. The third-order valence-electron chi connectivity index (χ3n) is 4.86. The van der Waals surface area contributed by atoms with Gasteiger partial charge in [-0.3, -0.25) is 0 Å². The molecule has 1 fully saturated rings. The van der Waals surface area contributed by atoms with Gasteiger partial charge in [0.1, 0.15) is 5.52 Å². The van der Waals surface area contributed by atoms with E-state index in [0.717, 1.165) is 24.4 Å². The van der Waals surface area contributed by atoms with E-state index in [1.54, 1.807) is 6.33 Å². The van der Waals surface area contributed by atoms with Gasteiger partial charge in [0.15, 0.2) is 11.5 Å². The molecule has 1 N–H and O–H groups in total. The molecular formula is C14H20ClN5. The van der Waals surface area contributed by atoms with Gasteiger partial charge in [0, 0.05) is 13.1 Å². The SMILES string of the molecule is CCC1(CC)CCN(c2nc(Cl)nc3nc[nH]c23)CC1. The second-order valence-corrected chi connectivity index (χ2v) is 5.95. The summed E-state index contributed by atoms with van der Waals surface area (Å²) in [6.07, 6.45) is 6.56. The number of nitrogens with one attached hydrogen (secondary N) is 1. The zero-order chi connectivity index (χ0) is 14.2. The van der Waals surface area contributed by atoms with E-state index in [-0.39, 0.29) is 5.28 Å². The van der Waals surface area contributed by atoms with Crippen LogP contribution < -0.4 is 4.90 Å². The van der Waals surface area contributed by atoms with Gasteiger partial charge in [-0.1, -0.05) is 26.7 Å². The number of fused-ring (bicyclic) bond motifs is 1. The van der Waals surface area contributed by atoms with E-state index in [2.05, 4.69) is 38.7 Å². The lowest BCUT2D eigenvalue weighted by molar-refractivity contribution is 0.199. The molecule has 3 rings (SSSR count). The van der Waals surface area contributed by atoms with Crippen molar-refractivity contribution in [2.75, 3.05) is 18.0 Å². The minimum atomic E-state index is 0.266. The molecule has 2 aromatic heterocycles. The average molecular weight is 294 g/mol. The summed E-state index contributed by atoms with van der Waals surface area (Å²) in [7, 11) is 0. The van der Waals surface area contributed by atoms with Crippen LogP contribution in [0.4, 0.5) is 5.82 Å². The number of aromatic nitrogens is 4. The Labute approximate surface area is 123 Å². The van der Waals surface area contributed by atoms with Gasteiger partial charge >= 0.3 is 0 Å². The second kappa shape index (κ2) is 5.20. The molecule has 0 aliphatic carbocycles. The molecular weight excluding hydrogens is 274 g/mol. The van der Waals surface area contributed by atoms with Crippen LogP contribution in [0.25, 0.3) is 11.2 Å². The van der Waals surface area contributed by atoms with Crippen LogP contribution in [0.5, 0.6) is 0 Å². The molecule has 0 spiro atoms. The van der Waals surface area contributed by atoms with Gasteiger partial charge in [-0.15, -0.1) is 0 Å². The van der Waals surface area contributed by atoms with Crippen molar-refractivity contribution in [2.24, 2.45) is 5.41 Å². The highest BCUT2D eigenvalue weighted by Gasteiger charge is 2.32. The van der Waals surface area contributed by atoms with Gasteiger partial charge < -0.3 is 9.88 Å². The largest absolute Gasteiger partial charge is 0.355 e. The zero-order valence-electron chi connectivity index (χ0n) is 12.0. The number of anilines is 1. The maximum Gasteiger partial charge on any atom is 0.226 e. The fraction of sp³-hybridized carbons (Fsp3) is 0.643. The van der Waals surface area contributed by atoms with Crippen LogP contribution in [-0.4, -0.2) is 33.0 Å². The summed E-state index contributed by atoms with van der Waals surface area (Å²) in [4.78, 5) is 18.1. The fourth-order valence-electron chi connectivity index (χ4n) is 3.17. The minimum Gasteiger partial charge on any atom is -0.355 e. The quantitative estimate of drug-likeness (QED) is 0.881. The Kier molecular flexibility index (Phi) is 3.54. The number of halogens is 1. The standard InChI is InChI=1S/C14H20ClN5/c1-3-14(4-2)5-7-20(8-6-14)12-10-11(17-9-16-10)18-13(15)19-12/h9H,3-8H2,1-2H3,(H,16,17,18,19). The highest BCUT2D eigenvalue weighted by molar-refractivity contribution is 6.28. The third-order valence-corrected chi connectivity index (χ3v) is 5.03. The number of H-pyrrole nitrogens is 1. The van der Waals surface area contributed by atoms with Crippen molar-refractivity contribution < 1.29 is 0 Å². The van der Waals surface area contributed by atoms with Crippen molar-refractivity contribution in [1.29, 1.82) is 0 Å². The van der Waals surface area contributed by atoms with Crippen LogP contribution >= 0.6 is 11.6 Å². The molecule has 6 heteroatoms. The Bertz CT molecular complexity index is 595. The molecule has 0 aromatic carbocycles. The Morgan fingerprint density at radius 1 is 1.25 bits per heavy atom. The maximum absolute atomic E-state index is 6.01. The molecule has 1 aliphatic rings. The van der Waals surface area contributed by atoms with E-state index in [9.17, 15) is 0 Å². The van der Waals surface area contributed by atoms with E-state index in [0.29, 0.717) is 11.1 Å². The second-order valence-electron chi connectivity index (χ2n) is 5.61. The molecule has 108 valence electrons. The number of imidazole rings is 1. The summed E-state index contributed by atoms with van der Waals surface area (Å²) in [5, 5.41) is 0.266. The summed E-state index contributed by atoms with van der Waals surface area (Å²) in [5.74, 6) is 0.887. The number of rotatable bonds is 3. The van der Waals surface area contributed by atoms with E-state index in [1.807, 2.05) is 0 Å². The molecule has 3 heterocycles. The topological polar surface area (TPSA) is 57.7 Å². The van der Waals surface area contributed by atoms with Gasteiger partial charge in [-0.2, -0.15) is 9.97 Å². The summed E-state index contributed by atoms with van der Waals surface area (Å²) in [6.45, 7) is 6.63. The molecule has 0 saturated carbocycles. The summed E-state index contributed by atoms with van der Waals surface area (Å²) in [5.41, 5.74) is 2.03. The Morgan fingerprint density at radius 2 is 1.95 bits per heavy atom. The highest BCUT2D eigenvalue weighted by Crippen LogP contribution is 2.39. The van der Waals surface area contributed by atoms with Crippen molar-refractivity contribution in [1.82, 2.24) is 19.9 Å². The lowest BCUT2D eigenvalue weighted by Crippen LogP contribution is -2.40. The monoisotopic (exact) mass is 293 g/mol. The lowest BCUT2D eigenvalue weighted by Gasteiger charge is -2.41. The van der Waals surface area contributed by atoms with Gasteiger partial charge in [0.25, 0.3) is 0 Å². The van der Waals surface area contributed by atoms with E-state index in [4.69, 9.17) is 11.6 Å². The fourth-order valence-corrected chi connectivity index (χ4v) is 3.33. The van der Waals surface area contributed by atoms with E-state index in [1.165, 1.54) is 25.7 Å². The number of piperidine rings is 1. The summed E-state index contributed by atoms with van der Waals surface area (Å²) >= 11 is 6.01. The summed E-state index contributed by atoms with van der Waals surface area (Å²) < 4.78 is 0. The zero-order valence-corrected chi connectivity index (χ0v) is 12.7. The van der Waals surface area contributed by atoms with Crippen LogP contribution in [0.15, 0.2) is 6.33 Å².